The van der Waals surface area contributed by atoms with Crippen molar-refractivity contribution in [1.29, 1.82) is 0 Å². The monoisotopic (exact) mass is 583 g/mol. The lowest BCUT2D eigenvalue weighted by Crippen LogP contribution is -2.57. The maximum Gasteiger partial charge on any atom is 0.354 e. The number of carbonyl (C=O) groups excluding carboxylic acids is 1. The molecule has 2 amide bonds. The first-order valence-electron chi connectivity index (χ1n) is 15.0. The summed E-state index contributed by atoms with van der Waals surface area (Å²) in [4.78, 5) is 27.2. The van der Waals surface area contributed by atoms with Crippen LogP contribution in [0.3, 0.4) is 0 Å². The summed E-state index contributed by atoms with van der Waals surface area (Å²) in [7, 11) is 0. The molecule has 3 fully saturated rings. The van der Waals surface area contributed by atoms with Gasteiger partial charge in [-0.15, -0.1) is 0 Å². The predicted octanol–water partition coefficient (Wildman–Crippen LogP) is 4.57. The van der Waals surface area contributed by atoms with E-state index in [1.165, 1.54) is 62.0 Å². The van der Waals surface area contributed by atoms with E-state index in [0.29, 0.717) is 24.8 Å². The number of anilines is 1. The Bertz CT molecular complexity index is 965. The van der Waals surface area contributed by atoms with Crippen molar-refractivity contribution in [2.24, 2.45) is 11.7 Å². The Morgan fingerprint density at radius 3 is 2.37 bits per heavy atom. The average molecular weight is 584 g/mol. The van der Waals surface area contributed by atoms with Crippen molar-refractivity contribution >= 4 is 17.7 Å². The van der Waals surface area contributed by atoms with Crippen LogP contribution in [0, 0.1) is 5.92 Å². The number of aromatic nitrogens is 1. The number of rotatable bonds is 16. The lowest BCUT2D eigenvalue weighted by atomic mass is 9.89. The Hall–Kier alpha value is -2.73. The summed E-state index contributed by atoms with van der Waals surface area (Å²) in [6.07, 6.45) is 13.2. The molecule has 5 N–H and O–H groups in total. The molecule has 0 radical (unpaired) electrons. The first-order valence-corrected chi connectivity index (χ1v) is 15.0. The smallest absolute Gasteiger partial charge is 0.354 e. The number of halogens is 2. The largest absolute Gasteiger partial charge is 0.477 e. The Kier molecular flexibility index (Phi) is 12.8. The van der Waals surface area contributed by atoms with Crippen molar-refractivity contribution in [3.63, 3.8) is 0 Å². The molecule has 0 atom stereocenters. The number of urea groups is 1. The van der Waals surface area contributed by atoms with Gasteiger partial charge in [-0.25, -0.2) is 23.4 Å². The fourth-order valence-corrected chi connectivity index (χ4v) is 4.93. The van der Waals surface area contributed by atoms with Crippen LogP contribution >= 0.6 is 0 Å². The molecule has 1 saturated carbocycles. The summed E-state index contributed by atoms with van der Waals surface area (Å²) in [6, 6.07) is 2.34. The number of aromatic carboxylic acids is 1. The quantitative estimate of drug-likeness (QED) is 0.208. The summed E-state index contributed by atoms with van der Waals surface area (Å²) < 4.78 is 36.8. The standard InChI is InChI=1S/C16H33N3O2.C13H14F2N2O3/c1-2-3-4-5-6-7-8-11-19-16(14-18-15(17)20)9-12-21-13-10-16;14-13(15)6-17(7-13)10-4-3-9(12(18)19)16-11(10)20-5-8-1-2-8/h19H,2-14H2,1H3,(H3,17,18,20);3-4,8H,1-2,5-7H2,(H,18,19). The van der Waals surface area contributed by atoms with Gasteiger partial charge in [0.2, 0.25) is 5.88 Å². The average Bonchev–Trinajstić information content (AvgIpc) is 3.76. The minimum absolute atomic E-state index is 0.0323. The zero-order valence-electron chi connectivity index (χ0n) is 24.3. The van der Waals surface area contributed by atoms with Crippen molar-refractivity contribution in [2.75, 3.05) is 50.9 Å². The number of carboxylic acids is 1. The molecule has 0 unspecified atom stereocenters. The molecule has 0 bridgehead atoms. The van der Waals surface area contributed by atoms with Crippen molar-refractivity contribution in [1.82, 2.24) is 15.6 Å². The Balaban J connectivity index is 0.000000225. The Morgan fingerprint density at radius 2 is 1.78 bits per heavy atom. The van der Waals surface area contributed by atoms with Crippen LogP contribution in [0.25, 0.3) is 0 Å². The summed E-state index contributed by atoms with van der Waals surface area (Å²) in [5, 5.41) is 15.3. The van der Waals surface area contributed by atoms with Crippen molar-refractivity contribution in [2.45, 2.75) is 89.0 Å². The molecule has 232 valence electrons. The maximum atomic E-state index is 12.9. The van der Waals surface area contributed by atoms with Gasteiger partial charge in [-0.2, -0.15) is 0 Å². The molecule has 0 spiro atoms. The van der Waals surface area contributed by atoms with Gasteiger partial charge in [0.05, 0.1) is 19.7 Å². The molecule has 1 aromatic rings. The van der Waals surface area contributed by atoms with Crippen LogP contribution in [0.5, 0.6) is 5.88 Å². The van der Waals surface area contributed by atoms with Crippen molar-refractivity contribution in [3.8, 4) is 5.88 Å². The minimum atomic E-state index is -2.70. The molecule has 1 aliphatic carbocycles. The third-order valence-electron chi connectivity index (χ3n) is 7.73. The third kappa shape index (κ3) is 11.6. The van der Waals surface area contributed by atoms with E-state index in [4.69, 9.17) is 20.3 Å². The molecule has 0 aromatic carbocycles. The molecule has 3 heterocycles. The SMILES string of the molecule is CCCCCCCCCNC1(CNC(N)=O)CCOCC1.O=C(O)c1ccc(N2CC(F)(F)C2)c(OCC2CC2)n1. The second-order valence-corrected chi connectivity index (χ2v) is 11.5. The molecule has 4 rings (SSSR count). The van der Waals surface area contributed by atoms with Gasteiger partial charge >= 0.3 is 12.0 Å². The fourth-order valence-electron chi connectivity index (χ4n) is 4.93. The van der Waals surface area contributed by atoms with Gasteiger partial charge in [0.1, 0.15) is 5.69 Å². The van der Waals surface area contributed by atoms with Gasteiger partial charge < -0.3 is 35.8 Å². The molecule has 2 saturated heterocycles. The van der Waals surface area contributed by atoms with E-state index in [2.05, 4.69) is 22.5 Å². The van der Waals surface area contributed by atoms with E-state index in [0.717, 1.165) is 45.4 Å². The number of pyridine rings is 1. The number of carbonyl (C=O) groups is 2. The van der Waals surface area contributed by atoms with Crippen molar-refractivity contribution < 1.29 is 33.0 Å². The number of nitrogens with zero attached hydrogens (tertiary/aromatic N) is 2. The van der Waals surface area contributed by atoms with E-state index in [9.17, 15) is 18.4 Å². The van der Waals surface area contributed by atoms with Crippen molar-refractivity contribution in [3.05, 3.63) is 17.8 Å². The van der Waals surface area contributed by atoms with E-state index < -0.39 is 17.9 Å². The molecule has 10 nitrogen and oxygen atoms in total. The highest BCUT2D eigenvalue weighted by Gasteiger charge is 2.45. The number of unbranched alkanes of at least 4 members (excludes halogenated alkanes) is 6. The first kappa shape index (κ1) is 32.8. The van der Waals surface area contributed by atoms with E-state index in [1.54, 1.807) is 0 Å². The van der Waals surface area contributed by atoms with Gasteiger partial charge in [0.25, 0.3) is 5.92 Å². The second-order valence-electron chi connectivity index (χ2n) is 11.5. The molecule has 2 aliphatic heterocycles. The van der Waals surface area contributed by atoms with Gasteiger partial charge in [-0.3, -0.25) is 0 Å². The number of hydrogen-bond donors (Lipinski definition) is 4. The molecular weight excluding hydrogens is 536 g/mol. The van der Waals surface area contributed by atoms with Crippen LogP contribution in [0.4, 0.5) is 19.3 Å². The number of alkyl halides is 2. The highest BCUT2D eigenvalue weighted by molar-refractivity contribution is 5.86. The zero-order chi connectivity index (χ0) is 29.7. The Morgan fingerprint density at radius 1 is 1.12 bits per heavy atom. The number of ether oxygens (including phenoxy) is 2. The first-order chi connectivity index (χ1) is 19.6. The van der Waals surface area contributed by atoms with E-state index in [1.807, 2.05) is 0 Å². The Labute approximate surface area is 241 Å². The molecular formula is C29H47F2N5O5. The minimum Gasteiger partial charge on any atom is -0.477 e. The van der Waals surface area contributed by atoms with Crippen LogP contribution in [-0.2, 0) is 4.74 Å². The van der Waals surface area contributed by atoms with Crippen LogP contribution in [-0.4, -0.2) is 79.6 Å². The van der Waals surface area contributed by atoms with Gasteiger partial charge in [-0.05, 0) is 56.7 Å². The van der Waals surface area contributed by atoms with Crippen LogP contribution < -0.4 is 26.0 Å². The number of primary amides is 1. The molecule has 3 aliphatic rings. The predicted molar refractivity (Wildman–Crippen MR) is 153 cm³/mol. The summed E-state index contributed by atoms with van der Waals surface area (Å²) in [5.41, 5.74) is 5.45. The maximum absolute atomic E-state index is 12.9. The summed E-state index contributed by atoms with van der Waals surface area (Å²) in [6.45, 7) is 5.04. The van der Waals surface area contributed by atoms with Crippen LogP contribution in [0.1, 0.15) is 88.0 Å². The highest BCUT2D eigenvalue weighted by Crippen LogP contribution is 2.37. The highest BCUT2D eigenvalue weighted by atomic mass is 19.3. The summed E-state index contributed by atoms with van der Waals surface area (Å²) >= 11 is 0. The van der Waals surface area contributed by atoms with E-state index >= 15 is 0 Å². The van der Waals surface area contributed by atoms with Crippen LogP contribution in [0.15, 0.2) is 12.1 Å². The van der Waals surface area contributed by atoms with Gasteiger partial charge in [0.15, 0.2) is 5.69 Å². The number of hydrogen-bond acceptors (Lipinski definition) is 7. The topological polar surface area (TPSA) is 139 Å². The number of nitrogens with one attached hydrogen (secondary N) is 2. The molecule has 41 heavy (non-hydrogen) atoms. The summed E-state index contributed by atoms with van der Waals surface area (Å²) in [5.74, 6) is -3.26. The zero-order valence-corrected chi connectivity index (χ0v) is 24.3. The number of nitrogens with two attached hydrogens (primary N) is 1. The molecule has 1 aromatic heterocycles. The second kappa shape index (κ2) is 16.1. The van der Waals surface area contributed by atoms with Crippen LogP contribution in [0.2, 0.25) is 0 Å². The lowest BCUT2D eigenvalue weighted by molar-refractivity contribution is -0.0265. The van der Waals surface area contributed by atoms with Gasteiger partial charge in [0, 0.05) is 25.3 Å². The third-order valence-corrected chi connectivity index (χ3v) is 7.73. The fraction of sp³-hybridized carbons (Fsp3) is 0.759. The molecule has 12 heteroatoms. The lowest BCUT2D eigenvalue weighted by Gasteiger charge is -2.40. The normalized spacial score (nSPS) is 19.0. The number of amides is 2. The van der Waals surface area contributed by atoms with E-state index in [-0.39, 0.29) is 30.2 Å². The number of carboxylic acid groups (broad SMARTS) is 1. The van der Waals surface area contributed by atoms with Gasteiger partial charge in [-0.1, -0.05) is 45.4 Å².